The molecule has 15 heavy (non-hydrogen) atoms. The third kappa shape index (κ3) is 2.95. The lowest BCUT2D eigenvalue weighted by Crippen LogP contribution is -2.08. The third-order valence-corrected chi connectivity index (χ3v) is 2.41. The summed E-state index contributed by atoms with van der Waals surface area (Å²) in [5.41, 5.74) is 0.0647. The average Bonchev–Trinajstić information content (AvgIpc) is 1.99. The Hall–Kier alpha value is -1.04. The molecule has 1 N–H and O–H groups in total. The Balaban J connectivity index is 3.26. The van der Waals surface area contributed by atoms with Gasteiger partial charge in [-0.05, 0) is 13.0 Å². The summed E-state index contributed by atoms with van der Waals surface area (Å²) < 4.78 is 25.4. The molecule has 0 fully saturated rings. The van der Waals surface area contributed by atoms with Crippen LogP contribution in [0.25, 0.3) is 0 Å². The maximum atomic E-state index is 12.6. The van der Waals surface area contributed by atoms with E-state index >= 15 is 0 Å². The Kier molecular flexibility index (Phi) is 3.73. The van der Waals surface area contributed by atoms with Crippen LogP contribution in [-0.4, -0.2) is 16.1 Å². The maximum Gasteiger partial charge on any atom is 0.309 e. The molecule has 0 bridgehead atoms. The molecule has 0 aliphatic carbocycles. The van der Waals surface area contributed by atoms with E-state index in [2.05, 4.69) is 20.9 Å². The van der Waals surface area contributed by atoms with Crippen LogP contribution in [0.4, 0.5) is 8.78 Å². The number of halogens is 3. The van der Waals surface area contributed by atoms with E-state index < -0.39 is 18.8 Å². The number of carboxylic acid groups (broad SMARTS) is 1. The first kappa shape index (κ1) is 12.0. The van der Waals surface area contributed by atoms with E-state index in [1.807, 2.05) is 0 Å². The van der Waals surface area contributed by atoms with E-state index in [4.69, 9.17) is 5.11 Å². The smallest absolute Gasteiger partial charge is 0.309 e. The number of aromatic nitrogens is 1. The average molecular weight is 280 g/mol. The third-order valence-electron chi connectivity index (χ3n) is 1.75. The molecule has 82 valence electrons. The summed E-state index contributed by atoms with van der Waals surface area (Å²) in [7, 11) is 0. The Bertz CT molecular complexity index is 396. The zero-order valence-electron chi connectivity index (χ0n) is 7.80. The fourth-order valence-corrected chi connectivity index (χ4v) is 1.95. The standard InChI is InChI=1S/C9H8BrF2NO2/c1-4-2-5(10)8(9(11)12)6(13-4)3-7(14)15/h2,9H,3H2,1H3,(H,14,15). The van der Waals surface area contributed by atoms with Crippen molar-refractivity contribution in [2.75, 3.05) is 0 Å². The number of pyridine rings is 1. The van der Waals surface area contributed by atoms with Crippen LogP contribution in [0, 0.1) is 6.92 Å². The molecule has 0 saturated carbocycles. The first-order chi connectivity index (χ1) is 6.91. The van der Waals surface area contributed by atoms with E-state index in [9.17, 15) is 13.6 Å². The van der Waals surface area contributed by atoms with Gasteiger partial charge in [-0.3, -0.25) is 9.78 Å². The number of nitrogens with zero attached hydrogens (tertiary/aromatic N) is 1. The van der Waals surface area contributed by atoms with Crippen molar-refractivity contribution in [1.82, 2.24) is 4.98 Å². The number of carbonyl (C=O) groups is 1. The number of carboxylic acids is 1. The van der Waals surface area contributed by atoms with Gasteiger partial charge < -0.3 is 5.11 Å². The van der Waals surface area contributed by atoms with E-state index in [1.54, 1.807) is 6.92 Å². The monoisotopic (exact) mass is 279 g/mol. The SMILES string of the molecule is Cc1cc(Br)c(C(F)F)c(CC(=O)O)n1. The highest BCUT2D eigenvalue weighted by molar-refractivity contribution is 9.10. The summed E-state index contributed by atoms with van der Waals surface area (Å²) in [6, 6.07) is 1.44. The molecule has 6 heteroatoms. The van der Waals surface area contributed by atoms with Crippen LogP contribution in [0.1, 0.15) is 23.4 Å². The minimum atomic E-state index is -2.73. The zero-order valence-corrected chi connectivity index (χ0v) is 9.38. The first-order valence-electron chi connectivity index (χ1n) is 4.07. The molecule has 0 aliphatic heterocycles. The van der Waals surface area contributed by atoms with Crippen LogP contribution in [0.15, 0.2) is 10.5 Å². The van der Waals surface area contributed by atoms with E-state index in [1.165, 1.54) is 6.07 Å². The van der Waals surface area contributed by atoms with Crippen molar-refractivity contribution in [1.29, 1.82) is 0 Å². The number of hydrogen-bond acceptors (Lipinski definition) is 2. The van der Waals surface area contributed by atoms with Crippen LogP contribution in [0.5, 0.6) is 0 Å². The van der Waals surface area contributed by atoms with Crippen molar-refractivity contribution >= 4 is 21.9 Å². The number of hydrogen-bond donors (Lipinski definition) is 1. The lowest BCUT2D eigenvalue weighted by molar-refractivity contribution is -0.136. The van der Waals surface area contributed by atoms with Crippen LogP contribution in [0.2, 0.25) is 0 Å². The van der Waals surface area contributed by atoms with Gasteiger partial charge in [-0.2, -0.15) is 0 Å². The molecular formula is C9H8BrF2NO2. The summed E-state index contributed by atoms with van der Waals surface area (Å²) in [6.45, 7) is 1.62. The van der Waals surface area contributed by atoms with E-state index in [0.29, 0.717) is 5.69 Å². The Labute approximate surface area is 93.3 Å². The highest BCUT2D eigenvalue weighted by atomic mass is 79.9. The summed E-state index contributed by atoms with van der Waals surface area (Å²) in [5, 5.41) is 8.55. The predicted octanol–water partition coefficient (Wildman–Crippen LogP) is 2.72. The molecule has 0 aromatic carbocycles. The van der Waals surface area contributed by atoms with Gasteiger partial charge in [0, 0.05) is 10.2 Å². The highest BCUT2D eigenvalue weighted by Crippen LogP contribution is 2.30. The molecule has 0 saturated heterocycles. The Morgan fingerprint density at radius 2 is 2.27 bits per heavy atom. The van der Waals surface area contributed by atoms with Crippen LogP contribution >= 0.6 is 15.9 Å². The van der Waals surface area contributed by atoms with Crippen molar-refractivity contribution in [2.45, 2.75) is 19.8 Å². The summed E-state index contributed by atoms with van der Waals surface area (Å²) in [6.07, 6.45) is -3.23. The van der Waals surface area contributed by atoms with Crippen LogP contribution in [-0.2, 0) is 11.2 Å². The molecular weight excluding hydrogens is 272 g/mol. The van der Waals surface area contributed by atoms with Gasteiger partial charge in [0.15, 0.2) is 0 Å². The summed E-state index contributed by atoms with van der Waals surface area (Å²) in [4.78, 5) is 14.3. The normalized spacial score (nSPS) is 10.7. The van der Waals surface area contributed by atoms with Crippen molar-refractivity contribution < 1.29 is 18.7 Å². The minimum Gasteiger partial charge on any atom is -0.481 e. The van der Waals surface area contributed by atoms with Gasteiger partial charge in [-0.15, -0.1) is 0 Å². The molecule has 3 nitrogen and oxygen atoms in total. The molecule has 1 heterocycles. The van der Waals surface area contributed by atoms with Gasteiger partial charge in [0.05, 0.1) is 17.7 Å². The van der Waals surface area contributed by atoms with Gasteiger partial charge >= 0.3 is 5.97 Å². The fourth-order valence-electron chi connectivity index (χ4n) is 1.21. The molecule has 1 aromatic heterocycles. The molecule has 0 atom stereocenters. The van der Waals surface area contributed by atoms with Gasteiger partial charge in [-0.25, -0.2) is 8.78 Å². The van der Waals surface area contributed by atoms with Crippen molar-refractivity contribution in [3.63, 3.8) is 0 Å². The number of aryl methyl sites for hydroxylation is 1. The summed E-state index contributed by atoms with van der Waals surface area (Å²) >= 11 is 2.98. The molecule has 0 aliphatic rings. The maximum absolute atomic E-state index is 12.6. The molecule has 0 radical (unpaired) electrons. The minimum absolute atomic E-state index is 0.0932. The quantitative estimate of drug-likeness (QED) is 0.926. The number of alkyl halides is 2. The lowest BCUT2D eigenvalue weighted by Gasteiger charge is -2.09. The highest BCUT2D eigenvalue weighted by Gasteiger charge is 2.20. The molecule has 0 spiro atoms. The van der Waals surface area contributed by atoms with Gasteiger partial charge in [0.1, 0.15) is 0 Å². The Morgan fingerprint density at radius 3 is 2.73 bits per heavy atom. The van der Waals surface area contributed by atoms with Crippen LogP contribution in [0.3, 0.4) is 0 Å². The lowest BCUT2D eigenvalue weighted by atomic mass is 10.1. The molecule has 1 rings (SSSR count). The molecule has 1 aromatic rings. The number of rotatable bonds is 3. The fraction of sp³-hybridized carbons (Fsp3) is 0.333. The van der Waals surface area contributed by atoms with E-state index in [0.717, 1.165) is 0 Å². The first-order valence-corrected chi connectivity index (χ1v) is 4.87. The zero-order chi connectivity index (χ0) is 11.6. The molecule has 0 unspecified atom stereocenters. The summed E-state index contributed by atoms with van der Waals surface area (Å²) in [5.74, 6) is -1.18. The largest absolute Gasteiger partial charge is 0.481 e. The predicted molar refractivity (Wildman–Crippen MR) is 53.0 cm³/mol. The topological polar surface area (TPSA) is 50.2 Å². The second kappa shape index (κ2) is 4.65. The van der Waals surface area contributed by atoms with E-state index in [-0.39, 0.29) is 15.7 Å². The van der Waals surface area contributed by atoms with Crippen molar-refractivity contribution in [3.8, 4) is 0 Å². The Morgan fingerprint density at radius 1 is 1.67 bits per heavy atom. The van der Waals surface area contributed by atoms with Gasteiger partial charge in [0.2, 0.25) is 0 Å². The van der Waals surface area contributed by atoms with Crippen molar-refractivity contribution in [3.05, 3.63) is 27.5 Å². The second-order valence-corrected chi connectivity index (χ2v) is 3.83. The van der Waals surface area contributed by atoms with Gasteiger partial charge in [-0.1, -0.05) is 15.9 Å². The van der Waals surface area contributed by atoms with Crippen LogP contribution < -0.4 is 0 Å². The number of aliphatic carboxylic acids is 1. The second-order valence-electron chi connectivity index (χ2n) is 2.98. The van der Waals surface area contributed by atoms with Gasteiger partial charge in [0.25, 0.3) is 6.43 Å². The molecule has 0 amide bonds. The van der Waals surface area contributed by atoms with Crippen molar-refractivity contribution in [2.24, 2.45) is 0 Å².